The van der Waals surface area contributed by atoms with Crippen molar-refractivity contribution < 1.29 is 122 Å². The van der Waals surface area contributed by atoms with Crippen LogP contribution in [0.25, 0.3) is 5.57 Å². The highest BCUT2D eigenvalue weighted by molar-refractivity contribution is 6.03. The summed E-state index contributed by atoms with van der Waals surface area (Å²) in [6.45, 7) is 20.8. The van der Waals surface area contributed by atoms with E-state index in [9.17, 15) is 0 Å². The van der Waals surface area contributed by atoms with E-state index in [1.54, 1.807) is 0 Å². The van der Waals surface area contributed by atoms with E-state index in [-0.39, 0.29) is 25.6 Å². The second kappa shape index (κ2) is 65.0. The van der Waals surface area contributed by atoms with Crippen LogP contribution in [0.2, 0.25) is 0 Å². The van der Waals surface area contributed by atoms with Crippen molar-refractivity contribution in [2.45, 2.75) is 0 Å². The van der Waals surface area contributed by atoms with Crippen LogP contribution in [0, 0.1) is 0 Å². The summed E-state index contributed by atoms with van der Waals surface area (Å²) in [6, 6.07) is 19.0. The van der Waals surface area contributed by atoms with Gasteiger partial charge in [0.1, 0.15) is 6.61 Å². The predicted molar refractivity (Wildman–Crippen MR) is 327 cm³/mol. The Labute approximate surface area is 528 Å². The lowest BCUT2D eigenvalue weighted by atomic mass is 9.91. The molecule has 0 radical (unpaired) electrons. The van der Waals surface area contributed by atoms with Gasteiger partial charge in [-0.05, 0) is 46.6 Å². The molecule has 0 aromatic heterocycles. The van der Waals surface area contributed by atoms with Crippen LogP contribution in [0.1, 0.15) is 11.1 Å². The molecule has 4 N–H and O–H groups in total. The lowest BCUT2D eigenvalue weighted by Crippen LogP contribution is -3.00. The van der Waals surface area contributed by atoms with E-state index in [1.807, 2.05) is 6.07 Å². The van der Waals surface area contributed by atoms with Crippen molar-refractivity contribution in [3.63, 3.8) is 0 Å². The molecule has 2 aromatic carbocycles. The number of anilines is 1. The predicted octanol–water partition coefficient (Wildman–Crippen LogP) is -1.13. The summed E-state index contributed by atoms with van der Waals surface area (Å²) >= 11 is 0. The van der Waals surface area contributed by atoms with Gasteiger partial charge in [0.05, 0.1) is 271 Å². The lowest BCUT2D eigenvalue weighted by Gasteiger charge is -2.14. The molecule has 24 nitrogen and oxygen atoms in total. The number of halogens is 1. The van der Waals surface area contributed by atoms with Crippen molar-refractivity contribution in [1.82, 2.24) is 0 Å². The Hall–Kier alpha value is -3.46. The van der Waals surface area contributed by atoms with E-state index in [0.29, 0.717) is 277 Å². The van der Waals surface area contributed by atoms with Crippen LogP contribution in [0.4, 0.5) is 5.69 Å². The first-order chi connectivity index (χ1) is 43.3. The molecule has 25 heteroatoms. The highest BCUT2D eigenvalue weighted by Gasteiger charge is 2.13. The first kappa shape index (κ1) is 80.6. The third-order valence-electron chi connectivity index (χ3n) is 11.7. The van der Waals surface area contributed by atoms with Gasteiger partial charge in [0, 0.05) is 24.4 Å². The van der Waals surface area contributed by atoms with Crippen molar-refractivity contribution in [3.8, 4) is 0 Å². The minimum atomic E-state index is 0. The first-order valence-corrected chi connectivity index (χ1v) is 30.7. The van der Waals surface area contributed by atoms with E-state index >= 15 is 0 Å². The standard InChI is InChI=1S/C63H104N2O22.ClH/c66-16-20-70-24-28-74-32-36-78-40-44-82-48-52-86-56-54-84-50-46-80-42-38-76-34-30-72-26-22-68-18-14-64-61-10-6-59(7-11-61)63(58-4-2-1-3-5-58)60-8-12-62(13-9-60)65-15-19-69-23-27-73-31-35-77-39-43-81-47-51-85-55-57-87-53-49-83-45-41-79-37-33-75-29-25-71-21-17-67;/h1-13,64,66-67H,14-57H2;1H. The van der Waals surface area contributed by atoms with Crippen LogP contribution in [0.15, 0.2) is 84.5 Å². The van der Waals surface area contributed by atoms with Crippen LogP contribution in [-0.4, -0.2) is 307 Å². The summed E-state index contributed by atoms with van der Waals surface area (Å²) in [6.07, 6.45) is 8.51. The molecule has 0 saturated heterocycles. The number of allylic oxidation sites excluding steroid dienone is 5. The number of aliphatic hydroxyl groups excluding tert-OH is 2. The van der Waals surface area contributed by atoms with E-state index in [2.05, 4.69) is 83.1 Å². The number of hydrogen-bond acceptors (Lipinski definition) is 23. The zero-order valence-electron chi connectivity index (χ0n) is 52.1. The summed E-state index contributed by atoms with van der Waals surface area (Å²) in [5.74, 6) is 0. The molecule has 88 heavy (non-hydrogen) atoms. The largest absolute Gasteiger partial charge is 1.00 e. The van der Waals surface area contributed by atoms with Gasteiger partial charge in [-0.1, -0.05) is 42.5 Å². The zero-order valence-corrected chi connectivity index (χ0v) is 52.8. The monoisotopic (exact) mass is 1280 g/mol. The van der Waals surface area contributed by atoms with Gasteiger partial charge in [0.2, 0.25) is 0 Å². The Balaban J connectivity index is 0.0000264. The van der Waals surface area contributed by atoms with E-state index in [0.717, 1.165) is 33.7 Å². The number of aliphatic hydroxyl groups is 2. The van der Waals surface area contributed by atoms with Gasteiger partial charge in [-0.25, -0.2) is 4.99 Å². The maximum atomic E-state index is 8.64. The molecule has 0 unspecified atom stereocenters. The Kier molecular flexibility index (Phi) is 59.6. The maximum Gasteiger partial charge on any atom is 0.198 e. The second-order valence-electron chi connectivity index (χ2n) is 18.4. The second-order valence-corrected chi connectivity index (χ2v) is 18.4. The van der Waals surface area contributed by atoms with Crippen molar-refractivity contribution >= 4 is 17.0 Å². The van der Waals surface area contributed by atoms with Crippen LogP contribution in [0.5, 0.6) is 0 Å². The van der Waals surface area contributed by atoms with Gasteiger partial charge in [0.15, 0.2) is 12.3 Å². The Morgan fingerprint density at radius 1 is 0.284 bits per heavy atom. The number of ether oxygens (including phenoxy) is 20. The minimum absolute atomic E-state index is 0. The Morgan fingerprint density at radius 2 is 0.534 bits per heavy atom. The van der Waals surface area contributed by atoms with Crippen molar-refractivity contribution in [2.24, 2.45) is 0 Å². The molecular formula is C63H105ClN2O22. The number of hydrogen-bond donors (Lipinski definition) is 4. The van der Waals surface area contributed by atoms with Crippen molar-refractivity contribution in [2.75, 3.05) is 296 Å². The quantitative estimate of drug-likeness (QED) is 0.0572. The fraction of sp³-hybridized carbons (Fsp3) is 0.698. The molecule has 3 rings (SSSR count). The topological polar surface area (TPSA) is 251 Å². The summed E-state index contributed by atoms with van der Waals surface area (Å²) in [5.41, 5.74) is 6.59. The fourth-order valence-corrected chi connectivity index (χ4v) is 7.44. The molecule has 506 valence electrons. The van der Waals surface area contributed by atoms with Gasteiger partial charge in [-0.3, -0.25) is 0 Å². The molecule has 0 bridgehead atoms. The molecule has 0 fully saturated rings. The van der Waals surface area contributed by atoms with Crippen LogP contribution in [0.3, 0.4) is 0 Å². The first-order valence-electron chi connectivity index (χ1n) is 30.7. The average Bonchev–Trinajstić information content (AvgIpc) is 3.16. The molecule has 0 amide bonds. The average molecular weight is 1280 g/mol. The Morgan fingerprint density at radius 3 is 0.818 bits per heavy atom. The van der Waals surface area contributed by atoms with Crippen molar-refractivity contribution in [3.05, 3.63) is 95.6 Å². The molecule has 2 aromatic rings. The van der Waals surface area contributed by atoms with Gasteiger partial charge >= 0.3 is 0 Å². The molecule has 0 aliphatic heterocycles. The van der Waals surface area contributed by atoms with Gasteiger partial charge in [-0.15, -0.1) is 0 Å². The fourth-order valence-electron chi connectivity index (χ4n) is 7.44. The number of benzene rings is 2. The lowest BCUT2D eigenvalue weighted by molar-refractivity contribution is -0.459. The van der Waals surface area contributed by atoms with Gasteiger partial charge in [-0.2, -0.15) is 0 Å². The molecule has 0 atom stereocenters. The normalized spacial score (nSPS) is 12.2. The van der Waals surface area contributed by atoms with Crippen molar-refractivity contribution in [1.29, 1.82) is 0 Å². The van der Waals surface area contributed by atoms with Crippen LogP contribution in [-0.2, 0) is 94.7 Å². The Bertz CT molecular complexity index is 1890. The third-order valence-corrected chi connectivity index (χ3v) is 11.7. The van der Waals surface area contributed by atoms with Gasteiger partial charge in [0.25, 0.3) is 0 Å². The summed E-state index contributed by atoms with van der Waals surface area (Å²) < 4.78 is 110. The summed E-state index contributed by atoms with van der Waals surface area (Å²) in [4.78, 5) is 3.46. The molecular weight excluding hydrogens is 1170 g/mol. The maximum absolute atomic E-state index is 8.64. The zero-order chi connectivity index (χ0) is 61.3. The highest BCUT2D eigenvalue weighted by Crippen LogP contribution is 2.30. The smallest absolute Gasteiger partial charge is 0.198 e. The third kappa shape index (κ3) is 50.2. The molecule has 0 spiro atoms. The summed E-state index contributed by atoms with van der Waals surface area (Å²) in [7, 11) is 0. The molecule has 0 heterocycles. The molecule has 0 saturated carbocycles. The number of nitrogens with one attached hydrogen (secondary N) is 2. The molecule has 1 aliphatic carbocycles. The van der Waals surface area contributed by atoms with Gasteiger partial charge < -0.3 is 123 Å². The van der Waals surface area contributed by atoms with E-state index in [1.165, 1.54) is 0 Å². The SMILES string of the molecule is OCCOCCOCCOCCOCCOCCOCCOCCOCCOCCOCCNc1ccc(C(=C2C=CC(=[NH+]CCOCCOCCOCCOCCOCCOCCOCCOCCOCCOCCO)C=C2)c2ccccc2)cc1.[Cl-]. The summed E-state index contributed by atoms with van der Waals surface area (Å²) in [5, 5.41) is 20.7. The van der Waals surface area contributed by atoms with E-state index in [4.69, 9.17) is 105 Å². The van der Waals surface area contributed by atoms with Crippen LogP contribution < -0.4 is 22.7 Å². The minimum Gasteiger partial charge on any atom is -1.00 e. The molecule has 1 aliphatic rings. The highest BCUT2D eigenvalue weighted by atomic mass is 35.5. The van der Waals surface area contributed by atoms with Crippen LogP contribution >= 0.6 is 0 Å². The van der Waals surface area contributed by atoms with E-state index < -0.39 is 0 Å². The number of rotatable bonds is 67.